The molecular weight excluding hydrogens is 426 g/mol. The van der Waals surface area contributed by atoms with Crippen LogP contribution in [0.3, 0.4) is 0 Å². The maximum atomic E-state index is 13.3. The summed E-state index contributed by atoms with van der Waals surface area (Å²) in [5.74, 6) is -1.65. The van der Waals surface area contributed by atoms with Crippen LogP contribution in [-0.4, -0.2) is 66.7 Å². The van der Waals surface area contributed by atoms with E-state index in [1.807, 2.05) is 30.3 Å². The zero-order valence-electron chi connectivity index (χ0n) is 19.6. The van der Waals surface area contributed by atoms with Crippen molar-refractivity contribution < 1.29 is 28.7 Å². The van der Waals surface area contributed by atoms with Crippen LogP contribution >= 0.6 is 0 Å². The second-order valence-corrected chi connectivity index (χ2v) is 9.59. The molecule has 33 heavy (non-hydrogen) atoms. The second kappa shape index (κ2) is 10.2. The first-order valence-corrected chi connectivity index (χ1v) is 11.3. The van der Waals surface area contributed by atoms with Gasteiger partial charge in [0.25, 0.3) is 0 Å². The third-order valence-electron chi connectivity index (χ3n) is 5.99. The molecule has 0 radical (unpaired) electrons. The van der Waals surface area contributed by atoms with Gasteiger partial charge in [0.05, 0.1) is 7.11 Å². The van der Waals surface area contributed by atoms with E-state index in [1.165, 1.54) is 12.0 Å². The molecule has 1 aromatic carbocycles. The Balaban J connectivity index is 1.78. The van der Waals surface area contributed by atoms with Crippen molar-refractivity contribution in [2.24, 2.45) is 5.92 Å². The Morgan fingerprint density at radius 2 is 1.91 bits per heavy atom. The van der Waals surface area contributed by atoms with Crippen LogP contribution < -0.4 is 10.6 Å². The summed E-state index contributed by atoms with van der Waals surface area (Å²) >= 11 is 0. The Bertz CT molecular complexity index is 882. The number of esters is 1. The minimum Gasteiger partial charge on any atom is -0.467 e. The van der Waals surface area contributed by atoms with Crippen molar-refractivity contribution in [1.29, 1.82) is 0 Å². The van der Waals surface area contributed by atoms with Gasteiger partial charge in [-0.2, -0.15) is 0 Å². The van der Waals surface area contributed by atoms with Crippen molar-refractivity contribution in [3.05, 3.63) is 35.9 Å². The Labute approximate surface area is 194 Å². The number of likely N-dealkylation sites (tertiary alicyclic amines) is 1. The Morgan fingerprint density at radius 3 is 2.48 bits per heavy atom. The van der Waals surface area contributed by atoms with E-state index < -0.39 is 35.7 Å². The van der Waals surface area contributed by atoms with Gasteiger partial charge in [-0.05, 0) is 45.6 Å². The Hall–Kier alpha value is -3.10. The Morgan fingerprint density at radius 1 is 1.21 bits per heavy atom. The molecule has 0 bridgehead atoms. The molecule has 9 nitrogen and oxygen atoms in total. The summed E-state index contributed by atoms with van der Waals surface area (Å²) in [5.41, 5.74) is 0.307. The lowest BCUT2D eigenvalue weighted by Gasteiger charge is -2.29. The highest BCUT2D eigenvalue weighted by molar-refractivity contribution is 5.91. The number of nitrogens with one attached hydrogen (secondary N) is 2. The molecule has 1 aromatic rings. The molecule has 2 heterocycles. The van der Waals surface area contributed by atoms with E-state index in [9.17, 15) is 19.2 Å². The van der Waals surface area contributed by atoms with Crippen molar-refractivity contribution in [3.8, 4) is 0 Å². The molecule has 0 saturated carbocycles. The van der Waals surface area contributed by atoms with E-state index in [2.05, 4.69) is 10.6 Å². The molecule has 9 heteroatoms. The summed E-state index contributed by atoms with van der Waals surface area (Å²) < 4.78 is 10.4. The van der Waals surface area contributed by atoms with E-state index in [-0.39, 0.29) is 24.2 Å². The standard InChI is InChI=1S/C24H33N3O6/c1-24(2,3)33-23(31)27-14-17(15-8-6-5-7-9-15)13-19(27)21(29)26-18(22(30)32-4)12-16-10-11-25-20(16)28/h5-9,16-19H,10-14H2,1-4H3,(H,25,28)(H,26,29)/t16?,17-,18?,19+/m1/s1. The maximum Gasteiger partial charge on any atom is 0.410 e. The van der Waals surface area contributed by atoms with Gasteiger partial charge in [-0.1, -0.05) is 30.3 Å². The molecule has 0 spiro atoms. The first kappa shape index (κ1) is 24.5. The van der Waals surface area contributed by atoms with E-state index in [0.29, 0.717) is 25.9 Å². The van der Waals surface area contributed by atoms with E-state index in [0.717, 1.165) is 5.56 Å². The highest BCUT2D eigenvalue weighted by Crippen LogP contribution is 2.33. The van der Waals surface area contributed by atoms with Gasteiger partial charge in [0, 0.05) is 24.9 Å². The summed E-state index contributed by atoms with van der Waals surface area (Å²) in [6.07, 6.45) is 0.551. The van der Waals surface area contributed by atoms with Crippen LogP contribution in [0.5, 0.6) is 0 Å². The minimum atomic E-state index is -0.979. The number of carbonyl (C=O) groups is 4. The van der Waals surface area contributed by atoms with Crippen LogP contribution in [-0.2, 0) is 23.9 Å². The average molecular weight is 460 g/mol. The van der Waals surface area contributed by atoms with Gasteiger partial charge < -0.3 is 20.1 Å². The number of amides is 3. The topological polar surface area (TPSA) is 114 Å². The number of nitrogens with zero attached hydrogens (tertiary/aromatic N) is 1. The first-order valence-electron chi connectivity index (χ1n) is 11.3. The lowest BCUT2D eigenvalue weighted by Crippen LogP contribution is -2.52. The quantitative estimate of drug-likeness (QED) is 0.629. The van der Waals surface area contributed by atoms with Crippen molar-refractivity contribution in [1.82, 2.24) is 15.5 Å². The molecule has 2 aliphatic heterocycles. The zero-order chi connectivity index (χ0) is 24.2. The van der Waals surface area contributed by atoms with Gasteiger partial charge in [-0.15, -0.1) is 0 Å². The monoisotopic (exact) mass is 459 g/mol. The van der Waals surface area contributed by atoms with Crippen LogP contribution in [0.4, 0.5) is 4.79 Å². The smallest absolute Gasteiger partial charge is 0.410 e. The molecular formula is C24H33N3O6. The maximum absolute atomic E-state index is 13.3. The number of hydrogen-bond acceptors (Lipinski definition) is 6. The van der Waals surface area contributed by atoms with Crippen molar-refractivity contribution in [3.63, 3.8) is 0 Å². The number of methoxy groups -OCH3 is 1. The van der Waals surface area contributed by atoms with Crippen LogP contribution in [0.1, 0.15) is 51.5 Å². The van der Waals surface area contributed by atoms with Gasteiger partial charge >= 0.3 is 12.1 Å². The van der Waals surface area contributed by atoms with Crippen molar-refractivity contribution in [2.45, 2.75) is 63.6 Å². The largest absolute Gasteiger partial charge is 0.467 e. The fourth-order valence-electron chi connectivity index (χ4n) is 4.35. The molecule has 2 N–H and O–H groups in total. The predicted molar refractivity (Wildman–Crippen MR) is 120 cm³/mol. The first-order chi connectivity index (χ1) is 15.6. The summed E-state index contributed by atoms with van der Waals surface area (Å²) in [4.78, 5) is 52.0. The number of rotatable bonds is 6. The van der Waals surface area contributed by atoms with Crippen LogP contribution in [0.2, 0.25) is 0 Å². The normalized spacial score (nSPS) is 23.6. The fourth-order valence-corrected chi connectivity index (χ4v) is 4.35. The molecule has 4 atom stereocenters. The second-order valence-electron chi connectivity index (χ2n) is 9.59. The predicted octanol–water partition coefficient (Wildman–Crippen LogP) is 1.96. The fraction of sp³-hybridized carbons (Fsp3) is 0.583. The highest BCUT2D eigenvalue weighted by atomic mass is 16.6. The van der Waals surface area contributed by atoms with Gasteiger partial charge in [-0.3, -0.25) is 14.5 Å². The third-order valence-corrected chi connectivity index (χ3v) is 5.99. The van der Waals surface area contributed by atoms with Crippen LogP contribution in [0, 0.1) is 5.92 Å². The molecule has 0 aliphatic carbocycles. The van der Waals surface area contributed by atoms with Gasteiger partial charge in [0.15, 0.2) is 0 Å². The van der Waals surface area contributed by atoms with E-state index in [4.69, 9.17) is 9.47 Å². The molecule has 2 unspecified atom stereocenters. The summed E-state index contributed by atoms with van der Waals surface area (Å²) in [7, 11) is 1.24. The summed E-state index contributed by atoms with van der Waals surface area (Å²) in [5, 5.41) is 5.47. The molecule has 3 rings (SSSR count). The molecule has 2 fully saturated rings. The van der Waals surface area contributed by atoms with Crippen LogP contribution in [0.15, 0.2) is 30.3 Å². The van der Waals surface area contributed by atoms with E-state index >= 15 is 0 Å². The zero-order valence-corrected chi connectivity index (χ0v) is 19.6. The SMILES string of the molecule is COC(=O)C(CC1CCNC1=O)NC(=O)[C@@H]1C[C@@H](c2ccccc2)CN1C(=O)OC(C)(C)C. The average Bonchev–Trinajstić information content (AvgIpc) is 3.39. The molecule has 0 aromatic heterocycles. The highest BCUT2D eigenvalue weighted by Gasteiger charge is 2.43. The number of carbonyl (C=O) groups excluding carboxylic acids is 4. The molecule has 3 amide bonds. The number of benzene rings is 1. The van der Waals surface area contributed by atoms with Crippen LogP contribution in [0.25, 0.3) is 0 Å². The van der Waals surface area contributed by atoms with Gasteiger partial charge in [0.1, 0.15) is 17.7 Å². The van der Waals surface area contributed by atoms with Gasteiger partial charge in [0.2, 0.25) is 11.8 Å². The number of hydrogen-bond donors (Lipinski definition) is 2. The van der Waals surface area contributed by atoms with Crippen molar-refractivity contribution >= 4 is 23.9 Å². The number of ether oxygens (including phenoxy) is 2. The Kier molecular flexibility index (Phi) is 7.61. The summed E-state index contributed by atoms with van der Waals surface area (Å²) in [6, 6.07) is 7.89. The van der Waals surface area contributed by atoms with Gasteiger partial charge in [-0.25, -0.2) is 9.59 Å². The van der Waals surface area contributed by atoms with E-state index in [1.54, 1.807) is 20.8 Å². The molecule has 2 saturated heterocycles. The lowest BCUT2D eigenvalue weighted by atomic mass is 9.95. The minimum absolute atomic E-state index is 0.0494. The third kappa shape index (κ3) is 6.24. The molecule has 180 valence electrons. The summed E-state index contributed by atoms with van der Waals surface area (Å²) in [6.45, 7) is 6.17. The molecule has 2 aliphatic rings. The lowest BCUT2D eigenvalue weighted by molar-refractivity contribution is -0.146. The van der Waals surface area contributed by atoms with Crippen molar-refractivity contribution in [2.75, 3.05) is 20.2 Å².